The maximum atomic E-state index is 13.5. The number of anilines is 1. The minimum atomic E-state index is -0.130. The Kier molecular flexibility index (Phi) is 4.93. The van der Waals surface area contributed by atoms with Crippen molar-refractivity contribution in [1.82, 2.24) is 4.98 Å². The van der Waals surface area contributed by atoms with Gasteiger partial charge in [0.15, 0.2) is 0 Å². The third kappa shape index (κ3) is 3.66. The largest absolute Gasteiger partial charge is 0.321 e. The van der Waals surface area contributed by atoms with Crippen molar-refractivity contribution in [3.63, 3.8) is 0 Å². The predicted molar refractivity (Wildman–Crippen MR) is 128 cm³/mol. The number of pyridine rings is 1. The Morgan fingerprint density at radius 1 is 0.806 bits per heavy atom. The van der Waals surface area contributed by atoms with E-state index in [0.29, 0.717) is 5.56 Å². The number of carbonyl (C=O) groups excluding carboxylic acids is 1. The molecule has 0 aliphatic carbocycles. The number of hydrogen-bond donors (Lipinski definition) is 1. The van der Waals surface area contributed by atoms with Gasteiger partial charge in [-0.25, -0.2) is 4.98 Å². The van der Waals surface area contributed by atoms with Gasteiger partial charge in [-0.3, -0.25) is 4.79 Å². The first-order valence-corrected chi connectivity index (χ1v) is 10.5. The summed E-state index contributed by atoms with van der Waals surface area (Å²) in [5.74, 6) is -0.130. The summed E-state index contributed by atoms with van der Waals surface area (Å²) in [7, 11) is 0. The van der Waals surface area contributed by atoms with Crippen molar-refractivity contribution < 1.29 is 4.79 Å². The summed E-state index contributed by atoms with van der Waals surface area (Å²) in [6.45, 7) is 2.11. The van der Waals surface area contributed by atoms with Crippen molar-refractivity contribution in [3.05, 3.63) is 108 Å². The molecule has 4 aromatic carbocycles. The van der Waals surface area contributed by atoms with Crippen molar-refractivity contribution in [2.45, 2.75) is 13.3 Å². The third-order valence-electron chi connectivity index (χ3n) is 5.63. The highest BCUT2D eigenvalue weighted by Gasteiger charge is 2.16. The van der Waals surface area contributed by atoms with Crippen LogP contribution in [0.25, 0.3) is 32.9 Å². The number of aromatic nitrogens is 1. The molecule has 0 bridgehead atoms. The molecule has 0 saturated carbocycles. The standard InChI is InChI=1S/C28H22N2O/c1-2-19-15-16-26-23(17-19)24(18-27(29-26)21-10-4-3-5-11-21)28(31)30-25-14-8-12-20-9-6-7-13-22(20)25/h3-18H,2H2,1H3,(H,30,31). The molecule has 0 aliphatic rings. The van der Waals surface area contributed by atoms with E-state index in [4.69, 9.17) is 4.98 Å². The molecule has 0 radical (unpaired) electrons. The SMILES string of the molecule is CCc1ccc2nc(-c3ccccc3)cc(C(=O)Nc3cccc4ccccc34)c2c1. The van der Waals surface area contributed by atoms with E-state index in [1.54, 1.807) is 0 Å². The molecule has 1 N–H and O–H groups in total. The van der Waals surface area contributed by atoms with Crippen molar-refractivity contribution in [3.8, 4) is 11.3 Å². The molecular weight excluding hydrogens is 380 g/mol. The molecule has 0 atom stereocenters. The molecule has 1 amide bonds. The van der Waals surface area contributed by atoms with Gasteiger partial charge in [0.2, 0.25) is 0 Å². The van der Waals surface area contributed by atoms with Crippen molar-refractivity contribution >= 4 is 33.3 Å². The van der Waals surface area contributed by atoms with E-state index in [1.165, 1.54) is 5.56 Å². The van der Waals surface area contributed by atoms with E-state index in [9.17, 15) is 4.79 Å². The molecule has 5 aromatic rings. The zero-order valence-corrected chi connectivity index (χ0v) is 17.3. The lowest BCUT2D eigenvalue weighted by Crippen LogP contribution is -2.13. The van der Waals surface area contributed by atoms with E-state index < -0.39 is 0 Å². The number of benzene rings is 4. The van der Waals surface area contributed by atoms with Crippen LogP contribution in [0.1, 0.15) is 22.8 Å². The fourth-order valence-corrected chi connectivity index (χ4v) is 3.96. The van der Waals surface area contributed by atoms with E-state index >= 15 is 0 Å². The predicted octanol–water partition coefficient (Wildman–Crippen LogP) is 6.87. The van der Waals surface area contributed by atoms with Gasteiger partial charge in [0.1, 0.15) is 0 Å². The molecule has 1 heterocycles. The van der Waals surface area contributed by atoms with Crippen LogP contribution in [0.5, 0.6) is 0 Å². The van der Waals surface area contributed by atoms with Crippen LogP contribution >= 0.6 is 0 Å². The number of carbonyl (C=O) groups is 1. The quantitative estimate of drug-likeness (QED) is 0.356. The van der Waals surface area contributed by atoms with E-state index in [1.807, 2.05) is 84.9 Å². The van der Waals surface area contributed by atoms with Gasteiger partial charge in [-0.1, -0.05) is 79.7 Å². The molecule has 150 valence electrons. The Hall–Kier alpha value is -3.98. The van der Waals surface area contributed by atoms with E-state index in [0.717, 1.165) is 45.0 Å². The van der Waals surface area contributed by atoms with Crippen molar-refractivity contribution in [2.24, 2.45) is 0 Å². The Morgan fingerprint density at radius 2 is 1.58 bits per heavy atom. The highest BCUT2D eigenvalue weighted by molar-refractivity contribution is 6.15. The van der Waals surface area contributed by atoms with E-state index in [-0.39, 0.29) is 5.91 Å². The fraction of sp³-hybridized carbons (Fsp3) is 0.0714. The lowest BCUT2D eigenvalue weighted by molar-refractivity contribution is 0.102. The van der Waals surface area contributed by atoms with Gasteiger partial charge >= 0.3 is 0 Å². The van der Waals surface area contributed by atoms with Crippen molar-refractivity contribution in [1.29, 1.82) is 0 Å². The van der Waals surface area contributed by atoms with Gasteiger partial charge in [0.25, 0.3) is 5.91 Å². The highest BCUT2D eigenvalue weighted by atomic mass is 16.1. The summed E-state index contributed by atoms with van der Waals surface area (Å²) in [6, 6.07) is 32.1. The first kappa shape index (κ1) is 19.0. The average Bonchev–Trinajstić information content (AvgIpc) is 2.83. The molecule has 0 spiro atoms. The van der Waals surface area contributed by atoms with Gasteiger partial charge < -0.3 is 5.32 Å². The highest BCUT2D eigenvalue weighted by Crippen LogP contribution is 2.28. The molecule has 31 heavy (non-hydrogen) atoms. The second-order valence-electron chi connectivity index (χ2n) is 7.61. The minimum absolute atomic E-state index is 0.130. The molecule has 5 rings (SSSR count). The van der Waals surface area contributed by atoms with E-state index in [2.05, 4.69) is 24.4 Å². The fourth-order valence-electron chi connectivity index (χ4n) is 3.96. The normalized spacial score (nSPS) is 11.0. The van der Waals surface area contributed by atoms with Gasteiger partial charge in [0, 0.05) is 22.0 Å². The zero-order valence-electron chi connectivity index (χ0n) is 17.3. The Morgan fingerprint density at radius 3 is 2.42 bits per heavy atom. The molecule has 0 aliphatic heterocycles. The average molecular weight is 402 g/mol. The lowest BCUT2D eigenvalue weighted by Gasteiger charge is -2.13. The maximum absolute atomic E-state index is 13.5. The summed E-state index contributed by atoms with van der Waals surface area (Å²) in [6.07, 6.45) is 0.904. The number of amides is 1. The van der Waals surface area contributed by atoms with Gasteiger partial charge in [0.05, 0.1) is 16.8 Å². The molecule has 0 saturated heterocycles. The van der Waals surface area contributed by atoms with Crippen LogP contribution in [0.15, 0.2) is 97.1 Å². The number of fused-ring (bicyclic) bond motifs is 2. The smallest absolute Gasteiger partial charge is 0.256 e. The molecule has 0 unspecified atom stereocenters. The lowest BCUT2D eigenvalue weighted by atomic mass is 10.0. The monoisotopic (exact) mass is 402 g/mol. The summed E-state index contributed by atoms with van der Waals surface area (Å²) < 4.78 is 0. The third-order valence-corrected chi connectivity index (χ3v) is 5.63. The van der Waals surface area contributed by atoms with Crippen LogP contribution in [0, 0.1) is 0 Å². The maximum Gasteiger partial charge on any atom is 0.256 e. The van der Waals surface area contributed by atoms with Gasteiger partial charge in [-0.05, 0) is 41.6 Å². The number of rotatable bonds is 4. The first-order chi connectivity index (χ1) is 15.2. The van der Waals surface area contributed by atoms with Crippen LogP contribution in [-0.4, -0.2) is 10.9 Å². The second-order valence-corrected chi connectivity index (χ2v) is 7.61. The number of aryl methyl sites for hydroxylation is 1. The molecule has 3 heteroatoms. The molecule has 1 aromatic heterocycles. The van der Waals surface area contributed by atoms with Crippen molar-refractivity contribution in [2.75, 3.05) is 5.32 Å². The van der Waals surface area contributed by atoms with Crippen LogP contribution < -0.4 is 5.32 Å². The Bertz CT molecular complexity index is 1400. The summed E-state index contributed by atoms with van der Waals surface area (Å²) in [5.41, 5.74) is 5.22. The van der Waals surface area contributed by atoms with Crippen LogP contribution in [0.4, 0.5) is 5.69 Å². The van der Waals surface area contributed by atoms with Gasteiger partial charge in [-0.2, -0.15) is 0 Å². The van der Waals surface area contributed by atoms with Crippen LogP contribution in [0.2, 0.25) is 0 Å². The first-order valence-electron chi connectivity index (χ1n) is 10.5. The Labute approximate surface area is 181 Å². The number of nitrogens with zero attached hydrogens (tertiary/aromatic N) is 1. The summed E-state index contributed by atoms with van der Waals surface area (Å²) in [4.78, 5) is 18.4. The van der Waals surface area contributed by atoms with Crippen LogP contribution in [0.3, 0.4) is 0 Å². The Balaban J connectivity index is 1.65. The molecule has 0 fully saturated rings. The number of nitrogens with one attached hydrogen (secondary N) is 1. The zero-order chi connectivity index (χ0) is 21.2. The summed E-state index contributed by atoms with van der Waals surface area (Å²) >= 11 is 0. The van der Waals surface area contributed by atoms with Gasteiger partial charge in [-0.15, -0.1) is 0 Å². The van der Waals surface area contributed by atoms with Crippen LogP contribution in [-0.2, 0) is 6.42 Å². The second kappa shape index (κ2) is 8.04. The molecular formula is C28H22N2O. The summed E-state index contributed by atoms with van der Waals surface area (Å²) in [5, 5.41) is 6.13. The minimum Gasteiger partial charge on any atom is -0.321 e. The molecule has 3 nitrogen and oxygen atoms in total. The number of hydrogen-bond acceptors (Lipinski definition) is 2. The topological polar surface area (TPSA) is 42.0 Å².